The van der Waals surface area contributed by atoms with Crippen molar-refractivity contribution in [3.05, 3.63) is 90.5 Å². The Balaban J connectivity index is 0.000000309. The van der Waals surface area contributed by atoms with Gasteiger partial charge in [-0.2, -0.15) is 0 Å². The van der Waals surface area contributed by atoms with Crippen LogP contribution >= 0.6 is 0 Å². The van der Waals surface area contributed by atoms with Gasteiger partial charge in [0.05, 0.1) is 12.0 Å². The van der Waals surface area contributed by atoms with E-state index in [4.69, 9.17) is 4.74 Å². The summed E-state index contributed by atoms with van der Waals surface area (Å²) < 4.78 is 5.87. The summed E-state index contributed by atoms with van der Waals surface area (Å²) in [6.45, 7) is 8.93. The van der Waals surface area contributed by atoms with Crippen LogP contribution in [0.3, 0.4) is 0 Å². The van der Waals surface area contributed by atoms with Crippen molar-refractivity contribution in [3.8, 4) is 5.75 Å². The number of Topliss-reactive ketones (excluding diaryl/α,β-unsaturated/α-hetero) is 1. The molecule has 2 heteroatoms. The quantitative estimate of drug-likeness (QED) is 0.716. The number of rotatable bonds is 2. The van der Waals surface area contributed by atoms with Crippen molar-refractivity contribution >= 4 is 5.78 Å². The van der Waals surface area contributed by atoms with Crippen molar-refractivity contribution < 1.29 is 9.53 Å². The first-order chi connectivity index (χ1) is 10.6. The van der Waals surface area contributed by atoms with Gasteiger partial charge in [0.25, 0.3) is 0 Å². The summed E-state index contributed by atoms with van der Waals surface area (Å²) in [4.78, 5) is 12.0. The minimum atomic E-state index is -0.154. The Kier molecular flexibility index (Phi) is 5.31. The zero-order valence-electron chi connectivity index (χ0n) is 12.8. The van der Waals surface area contributed by atoms with Gasteiger partial charge < -0.3 is 4.74 Å². The van der Waals surface area contributed by atoms with Crippen LogP contribution in [0.15, 0.2) is 79.4 Å². The summed E-state index contributed by atoms with van der Waals surface area (Å²) in [7, 11) is 0. The van der Waals surface area contributed by atoms with E-state index in [2.05, 4.69) is 13.2 Å². The average molecular weight is 292 g/mol. The lowest BCUT2D eigenvalue weighted by molar-refractivity contribution is 0.0850. The van der Waals surface area contributed by atoms with Gasteiger partial charge >= 0.3 is 0 Å². The van der Waals surface area contributed by atoms with E-state index in [9.17, 15) is 4.79 Å². The highest BCUT2D eigenvalue weighted by atomic mass is 16.5. The number of hydrogen-bond acceptors (Lipinski definition) is 2. The Labute approximate surface area is 131 Å². The molecule has 0 radical (unpaired) electrons. The second-order valence-electron chi connectivity index (χ2n) is 5.19. The van der Waals surface area contributed by atoms with Gasteiger partial charge in [0, 0.05) is 0 Å². The van der Waals surface area contributed by atoms with Crippen LogP contribution in [0.1, 0.15) is 35.4 Å². The molecule has 2 aromatic carbocycles. The fourth-order valence-electron chi connectivity index (χ4n) is 2.13. The number of ketones is 1. The van der Waals surface area contributed by atoms with E-state index in [1.165, 1.54) is 0 Å². The van der Waals surface area contributed by atoms with E-state index in [-0.39, 0.29) is 11.9 Å². The normalized spacial score (nSPS) is 15.7. The van der Waals surface area contributed by atoms with Gasteiger partial charge in [0.1, 0.15) is 11.9 Å². The minimum absolute atomic E-state index is 0.153. The highest BCUT2D eigenvalue weighted by Crippen LogP contribution is 2.34. The van der Waals surface area contributed by atoms with Crippen molar-refractivity contribution in [2.24, 2.45) is 0 Å². The number of fused-ring (bicyclic) bond motifs is 1. The first kappa shape index (κ1) is 15.8. The molecule has 2 nitrogen and oxygen atoms in total. The fourth-order valence-corrected chi connectivity index (χ4v) is 2.13. The van der Waals surface area contributed by atoms with E-state index in [0.29, 0.717) is 17.7 Å². The molecule has 0 N–H and O–H groups in total. The van der Waals surface area contributed by atoms with Gasteiger partial charge in [-0.1, -0.05) is 67.3 Å². The van der Waals surface area contributed by atoms with Crippen LogP contribution in [-0.2, 0) is 0 Å². The topological polar surface area (TPSA) is 26.3 Å². The smallest absolute Gasteiger partial charge is 0.170 e. The molecule has 1 aliphatic heterocycles. The van der Waals surface area contributed by atoms with Crippen LogP contribution in [0.4, 0.5) is 0 Å². The summed E-state index contributed by atoms with van der Waals surface area (Å²) in [6.07, 6.45) is 1.99. The first-order valence-corrected chi connectivity index (χ1v) is 7.23. The SMILES string of the molecule is C=CC(=C)C.O=C1CC(c2ccccc2)Oc2ccccc21. The van der Waals surface area contributed by atoms with Crippen LogP contribution in [0.25, 0.3) is 0 Å². The van der Waals surface area contributed by atoms with Gasteiger partial charge in [0.2, 0.25) is 0 Å². The predicted molar refractivity (Wildman–Crippen MR) is 90.2 cm³/mol. The molecule has 1 heterocycles. The second-order valence-corrected chi connectivity index (χ2v) is 5.19. The van der Waals surface area contributed by atoms with Crippen molar-refractivity contribution in [3.63, 3.8) is 0 Å². The number of hydrogen-bond donors (Lipinski definition) is 0. The van der Waals surface area contributed by atoms with Crippen LogP contribution in [0.5, 0.6) is 5.75 Å². The molecule has 0 saturated heterocycles. The Hall–Kier alpha value is -2.61. The molecule has 0 bridgehead atoms. The fraction of sp³-hybridized carbons (Fsp3) is 0.150. The third-order valence-corrected chi connectivity index (χ3v) is 3.35. The maximum atomic E-state index is 12.0. The van der Waals surface area contributed by atoms with Crippen molar-refractivity contribution in [1.29, 1.82) is 0 Å². The Morgan fingerprint density at radius 2 is 1.73 bits per heavy atom. The third-order valence-electron chi connectivity index (χ3n) is 3.35. The molecule has 0 amide bonds. The Morgan fingerprint density at radius 1 is 1.14 bits per heavy atom. The number of allylic oxidation sites excluding steroid dienone is 2. The molecule has 3 rings (SSSR count). The van der Waals surface area contributed by atoms with Crippen LogP contribution in [0, 0.1) is 0 Å². The first-order valence-electron chi connectivity index (χ1n) is 7.23. The molecule has 1 atom stereocenters. The summed E-state index contributed by atoms with van der Waals surface area (Å²) in [5.41, 5.74) is 2.76. The summed E-state index contributed by atoms with van der Waals surface area (Å²) in [5, 5.41) is 0. The standard InChI is InChI=1S/C15H12O2.C5H8/c16-13-10-15(11-6-2-1-3-7-11)17-14-9-5-4-8-12(13)14;1-4-5(2)3/h1-9,15H,10H2;4H,1-2H2,3H3. The van der Waals surface area contributed by atoms with Crippen LogP contribution in [-0.4, -0.2) is 5.78 Å². The lowest BCUT2D eigenvalue weighted by atomic mass is 9.96. The minimum Gasteiger partial charge on any atom is -0.484 e. The van der Waals surface area contributed by atoms with Gasteiger partial charge in [0.15, 0.2) is 5.78 Å². The van der Waals surface area contributed by atoms with Crippen molar-refractivity contribution in [2.45, 2.75) is 19.4 Å². The Bertz CT molecular complexity index is 671. The maximum Gasteiger partial charge on any atom is 0.170 e. The molecule has 22 heavy (non-hydrogen) atoms. The van der Waals surface area contributed by atoms with Crippen molar-refractivity contribution in [2.75, 3.05) is 0 Å². The molecular formula is C20H20O2. The van der Waals surface area contributed by atoms with Crippen molar-refractivity contribution in [1.82, 2.24) is 0 Å². The summed E-state index contributed by atoms with van der Waals surface area (Å²) >= 11 is 0. The Morgan fingerprint density at radius 3 is 2.36 bits per heavy atom. The highest BCUT2D eigenvalue weighted by molar-refractivity contribution is 5.99. The monoisotopic (exact) mass is 292 g/mol. The number of carbonyl (C=O) groups excluding carboxylic acids is 1. The second kappa shape index (κ2) is 7.41. The molecule has 0 aliphatic carbocycles. The van der Waals surface area contributed by atoms with E-state index in [0.717, 1.165) is 11.1 Å². The summed E-state index contributed by atoms with van der Waals surface area (Å²) in [6, 6.07) is 17.3. The lowest BCUT2D eigenvalue weighted by Gasteiger charge is -2.25. The molecule has 0 spiro atoms. The number of ether oxygens (including phenoxy) is 1. The number of para-hydroxylation sites is 1. The van der Waals surface area contributed by atoms with E-state index in [1.54, 1.807) is 6.08 Å². The maximum absolute atomic E-state index is 12.0. The van der Waals surface area contributed by atoms with Gasteiger partial charge in [-0.15, -0.1) is 0 Å². The average Bonchev–Trinajstić information content (AvgIpc) is 2.56. The largest absolute Gasteiger partial charge is 0.484 e. The van der Waals surface area contributed by atoms with E-state index in [1.807, 2.05) is 61.5 Å². The molecular weight excluding hydrogens is 272 g/mol. The zero-order valence-corrected chi connectivity index (χ0v) is 12.8. The van der Waals surface area contributed by atoms with E-state index >= 15 is 0 Å². The van der Waals surface area contributed by atoms with Crippen LogP contribution < -0.4 is 4.74 Å². The number of benzene rings is 2. The number of carbonyl (C=O) groups is 1. The van der Waals surface area contributed by atoms with E-state index < -0.39 is 0 Å². The predicted octanol–water partition coefficient (Wildman–Crippen LogP) is 5.14. The van der Waals surface area contributed by atoms with Gasteiger partial charge in [-0.3, -0.25) is 4.79 Å². The molecule has 0 fully saturated rings. The molecule has 2 aromatic rings. The van der Waals surface area contributed by atoms with Crippen LogP contribution in [0.2, 0.25) is 0 Å². The molecule has 1 aliphatic rings. The van der Waals surface area contributed by atoms with Gasteiger partial charge in [-0.25, -0.2) is 0 Å². The highest BCUT2D eigenvalue weighted by Gasteiger charge is 2.26. The lowest BCUT2D eigenvalue weighted by Crippen LogP contribution is -2.20. The molecule has 0 saturated carbocycles. The molecule has 0 aromatic heterocycles. The zero-order chi connectivity index (χ0) is 15.9. The summed E-state index contributed by atoms with van der Waals surface area (Å²) in [5.74, 6) is 0.846. The molecule has 1 unspecified atom stereocenters. The third kappa shape index (κ3) is 3.95. The molecule has 112 valence electrons. The van der Waals surface area contributed by atoms with Gasteiger partial charge in [-0.05, 0) is 24.6 Å².